The van der Waals surface area contributed by atoms with Crippen molar-refractivity contribution >= 4 is 11.9 Å². The van der Waals surface area contributed by atoms with Crippen LogP contribution in [0.1, 0.15) is 18.9 Å². The molecule has 0 aromatic heterocycles. The molecular weight excluding hydrogens is 275 g/mol. The fourth-order valence-corrected chi connectivity index (χ4v) is 2.49. The van der Waals surface area contributed by atoms with E-state index in [0.717, 1.165) is 12.0 Å². The Kier molecular flexibility index (Phi) is 4.90. The highest BCUT2D eigenvalue weighted by molar-refractivity contribution is 5.86. The summed E-state index contributed by atoms with van der Waals surface area (Å²) in [5.74, 6) is -1.31. The molecule has 3 N–H and O–H groups in total. The van der Waals surface area contributed by atoms with Crippen molar-refractivity contribution in [1.82, 2.24) is 10.6 Å². The number of hydrogen-bond acceptors (Lipinski definition) is 3. The highest BCUT2D eigenvalue weighted by atomic mass is 19.1. The Morgan fingerprint density at radius 3 is 2.71 bits per heavy atom. The fraction of sp³-hybridized carbons (Fsp3) is 0.467. The summed E-state index contributed by atoms with van der Waals surface area (Å²) in [6.45, 7) is 2.13. The normalized spacial score (nSPS) is 22.8. The molecule has 0 radical (unpaired) electrons. The van der Waals surface area contributed by atoms with Gasteiger partial charge in [-0.05, 0) is 49.9 Å². The molecule has 5 nitrogen and oxygen atoms in total. The van der Waals surface area contributed by atoms with Crippen LogP contribution < -0.4 is 10.6 Å². The number of carbonyl (C=O) groups is 2. The number of rotatable bonds is 5. The van der Waals surface area contributed by atoms with E-state index < -0.39 is 12.0 Å². The van der Waals surface area contributed by atoms with E-state index in [9.17, 15) is 14.0 Å². The molecule has 1 aliphatic heterocycles. The molecule has 0 saturated carbocycles. The minimum Gasteiger partial charge on any atom is -0.480 e. The number of amides is 1. The third-order valence-corrected chi connectivity index (χ3v) is 3.71. The Morgan fingerprint density at radius 1 is 1.43 bits per heavy atom. The quantitative estimate of drug-likeness (QED) is 0.755. The highest BCUT2D eigenvalue weighted by Crippen LogP contribution is 2.19. The highest BCUT2D eigenvalue weighted by Gasteiger charge is 2.30. The number of hydrogen-bond donors (Lipinski definition) is 3. The maximum absolute atomic E-state index is 12.8. The molecular formula is C15H19FN2O3. The third-order valence-electron chi connectivity index (χ3n) is 3.71. The van der Waals surface area contributed by atoms with Gasteiger partial charge in [0.1, 0.15) is 11.9 Å². The number of carbonyl (C=O) groups excluding carboxylic acids is 1. The van der Waals surface area contributed by atoms with Gasteiger partial charge in [-0.25, -0.2) is 4.39 Å². The first-order chi connectivity index (χ1) is 9.95. The zero-order valence-corrected chi connectivity index (χ0v) is 11.8. The average molecular weight is 294 g/mol. The minimum atomic E-state index is -1.05. The van der Waals surface area contributed by atoms with E-state index in [2.05, 4.69) is 10.6 Å². The molecule has 1 saturated heterocycles. The van der Waals surface area contributed by atoms with E-state index in [0.29, 0.717) is 13.0 Å². The molecule has 114 valence electrons. The molecule has 1 aromatic rings. The number of benzene rings is 1. The maximum Gasteiger partial charge on any atom is 0.325 e. The lowest BCUT2D eigenvalue weighted by Gasteiger charge is -2.14. The molecule has 2 rings (SSSR count). The largest absolute Gasteiger partial charge is 0.480 e. The number of nitrogens with one attached hydrogen (secondary N) is 2. The molecule has 1 aliphatic rings. The molecule has 6 heteroatoms. The van der Waals surface area contributed by atoms with Crippen LogP contribution in [0.15, 0.2) is 24.3 Å². The summed E-state index contributed by atoms with van der Waals surface area (Å²) < 4.78 is 12.8. The third kappa shape index (κ3) is 4.26. The van der Waals surface area contributed by atoms with E-state index in [1.165, 1.54) is 19.1 Å². The average Bonchev–Trinajstić information content (AvgIpc) is 2.90. The number of aliphatic carboxylic acids is 1. The summed E-state index contributed by atoms with van der Waals surface area (Å²) in [4.78, 5) is 22.6. The Bertz CT molecular complexity index is 518. The van der Waals surface area contributed by atoms with E-state index in [1.54, 1.807) is 12.1 Å². The van der Waals surface area contributed by atoms with Crippen LogP contribution in [-0.4, -0.2) is 35.6 Å². The summed E-state index contributed by atoms with van der Waals surface area (Å²) in [5, 5.41) is 14.3. The maximum atomic E-state index is 12.8. The lowest BCUT2D eigenvalue weighted by molar-refractivity contribution is -0.141. The molecule has 1 amide bonds. The van der Waals surface area contributed by atoms with Crippen LogP contribution in [0.4, 0.5) is 4.39 Å². The first-order valence-electron chi connectivity index (χ1n) is 6.96. The van der Waals surface area contributed by atoms with Gasteiger partial charge in [-0.2, -0.15) is 0 Å². The Labute approximate surface area is 122 Å². The van der Waals surface area contributed by atoms with Gasteiger partial charge in [0.05, 0.1) is 6.04 Å². The summed E-state index contributed by atoms with van der Waals surface area (Å²) in [5.41, 5.74) is 1.03. The molecule has 21 heavy (non-hydrogen) atoms. The van der Waals surface area contributed by atoms with E-state index in [4.69, 9.17) is 5.11 Å². The Morgan fingerprint density at radius 2 is 2.10 bits per heavy atom. The van der Waals surface area contributed by atoms with Crippen molar-refractivity contribution in [3.63, 3.8) is 0 Å². The van der Waals surface area contributed by atoms with Crippen LogP contribution in [0.25, 0.3) is 0 Å². The van der Waals surface area contributed by atoms with Gasteiger partial charge in [-0.1, -0.05) is 12.1 Å². The van der Waals surface area contributed by atoms with Crippen LogP contribution in [0.3, 0.4) is 0 Å². The predicted molar refractivity (Wildman–Crippen MR) is 75.2 cm³/mol. The van der Waals surface area contributed by atoms with Crippen LogP contribution in [-0.2, 0) is 16.0 Å². The van der Waals surface area contributed by atoms with Crippen LogP contribution >= 0.6 is 0 Å². The zero-order valence-electron chi connectivity index (χ0n) is 11.8. The molecule has 1 aromatic carbocycles. The molecule has 1 fully saturated rings. The number of carboxylic acids is 1. The molecule has 1 heterocycles. The SMILES string of the molecule is C[C@H](NC(=O)[C@H]1C[C@H](Cc2ccc(F)cc2)CN1)C(=O)O. The molecule has 0 unspecified atom stereocenters. The van der Waals surface area contributed by atoms with Gasteiger partial charge in [0.15, 0.2) is 0 Å². The van der Waals surface area contributed by atoms with Gasteiger partial charge in [-0.3, -0.25) is 9.59 Å². The smallest absolute Gasteiger partial charge is 0.325 e. The fourth-order valence-electron chi connectivity index (χ4n) is 2.49. The van der Waals surface area contributed by atoms with E-state index in [-0.39, 0.29) is 23.7 Å². The van der Waals surface area contributed by atoms with Crippen LogP contribution in [0.5, 0.6) is 0 Å². The topological polar surface area (TPSA) is 78.4 Å². The van der Waals surface area contributed by atoms with Crippen molar-refractivity contribution in [2.75, 3.05) is 6.54 Å². The Balaban J connectivity index is 1.84. The monoisotopic (exact) mass is 294 g/mol. The first-order valence-corrected chi connectivity index (χ1v) is 6.96. The van der Waals surface area contributed by atoms with Crippen molar-refractivity contribution in [3.8, 4) is 0 Å². The van der Waals surface area contributed by atoms with Gasteiger partial charge < -0.3 is 15.7 Å². The van der Waals surface area contributed by atoms with Crippen molar-refractivity contribution < 1.29 is 19.1 Å². The van der Waals surface area contributed by atoms with Gasteiger partial charge >= 0.3 is 5.97 Å². The molecule has 0 spiro atoms. The van der Waals surface area contributed by atoms with Gasteiger partial charge in [-0.15, -0.1) is 0 Å². The lowest BCUT2D eigenvalue weighted by Crippen LogP contribution is -2.46. The zero-order chi connectivity index (χ0) is 15.4. The summed E-state index contributed by atoms with van der Waals surface area (Å²) in [6, 6.07) is 5.09. The van der Waals surface area contributed by atoms with E-state index in [1.807, 2.05) is 0 Å². The molecule has 0 bridgehead atoms. The first kappa shape index (κ1) is 15.4. The lowest BCUT2D eigenvalue weighted by atomic mass is 9.96. The summed E-state index contributed by atoms with van der Waals surface area (Å²) >= 11 is 0. The second kappa shape index (κ2) is 6.67. The predicted octanol–water partition coefficient (Wildman–Crippen LogP) is 0.936. The van der Waals surface area contributed by atoms with Crippen molar-refractivity contribution in [3.05, 3.63) is 35.6 Å². The van der Waals surface area contributed by atoms with E-state index >= 15 is 0 Å². The van der Waals surface area contributed by atoms with Gasteiger partial charge in [0, 0.05) is 0 Å². The van der Waals surface area contributed by atoms with Crippen molar-refractivity contribution in [1.29, 1.82) is 0 Å². The van der Waals surface area contributed by atoms with Gasteiger partial charge in [0.2, 0.25) is 5.91 Å². The van der Waals surface area contributed by atoms with Gasteiger partial charge in [0.25, 0.3) is 0 Å². The van der Waals surface area contributed by atoms with Crippen LogP contribution in [0.2, 0.25) is 0 Å². The molecule has 3 atom stereocenters. The minimum absolute atomic E-state index is 0.261. The number of carboxylic acid groups (broad SMARTS) is 1. The van der Waals surface area contributed by atoms with Crippen LogP contribution in [0, 0.1) is 11.7 Å². The second-order valence-corrected chi connectivity index (χ2v) is 5.46. The van der Waals surface area contributed by atoms with Crippen molar-refractivity contribution in [2.24, 2.45) is 5.92 Å². The van der Waals surface area contributed by atoms with Crippen molar-refractivity contribution in [2.45, 2.75) is 31.8 Å². The number of halogens is 1. The summed E-state index contributed by atoms with van der Waals surface area (Å²) in [7, 11) is 0. The molecule has 0 aliphatic carbocycles. The standard InChI is InChI=1S/C15H19FN2O3/c1-9(15(20)21)18-14(19)13-7-11(8-17-13)6-10-2-4-12(16)5-3-10/h2-5,9,11,13,17H,6-8H2,1H3,(H,18,19)(H,20,21)/t9-,11-,13+/m0/s1. The Hall–Kier alpha value is -1.95. The summed E-state index contributed by atoms with van der Waals surface area (Å²) in [6.07, 6.45) is 1.42. The second-order valence-electron chi connectivity index (χ2n) is 5.46.